The number of methoxy groups -OCH3 is 1. The molecule has 0 saturated heterocycles. The first-order valence-electron chi connectivity index (χ1n) is 8.01. The van der Waals surface area contributed by atoms with Crippen molar-refractivity contribution in [2.45, 2.75) is 6.17 Å². The Bertz CT molecular complexity index is 859. The number of Topliss-reactive ketones (excluding diaryl/α,β-unsaturated/α-hetero) is 1. The molecule has 1 amide bonds. The average Bonchev–Trinajstić information content (AvgIpc) is 3.23. The number of ketones is 1. The minimum absolute atomic E-state index is 0.132. The van der Waals surface area contributed by atoms with Crippen molar-refractivity contribution in [2.24, 2.45) is 0 Å². The molecular formula is C20H18N2O4. The molecule has 0 aliphatic carbocycles. The lowest BCUT2D eigenvalue weighted by Crippen LogP contribution is -2.46. The second kappa shape index (κ2) is 8.02. The zero-order valence-corrected chi connectivity index (χ0v) is 14.1. The van der Waals surface area contributed by atoms with Gasteiger partial charge in [-0.2, -0.15) is 0 Å². The molecule has 132 valence electrons. The topological polar surface area (TPSA) is 80.6 Å². The van der Waals surface area contributed by atoms with Crippen molar-refractivity contribution >= 4 is 17.4 Å². The molecule has 0 saturated carbocycles. The van der Waals surface area contributed by atoms with Crippen LogP contribution in [-0.4, -0.2) is 25.0 Å². The largest absolute Gasteiger partial charge is 0.497 e. The monoisotopic (exact) mass is 350 g/mol. The number of amides is 1. The zero-order valence-electron chi connectivity index (χ0n) is 14.1. The van der Waals surface area contributed by atoms with Crippen molar-refractivity contribution in [3.05, 3.63) is 84.3 Å². The molecule has 26 heavy (non-hydrogen) atoms. The summed E-state index contributed by atoms with van der Waals surface area (Å²) in [6.07, 6.45) is 0.447. The lowest BCUT2D eigenvalue weighted by atomic mass is 10.1. The summed E-state index contributed by atoms with van der Waals surface area (Å²) in [5.74, 6) is 0.0834. The molecule has 6 heteroatoms. The zero-order chi connectivity index (χ0) is 18.4. The Labute approximate surface area is 150 Å². The van der Waals surface area contributed by atoms with Crippen LogP contribution >= 0.6 is 0 Å². The number of benzene rings is 2. The summed E-state index contributed by atoms with van der Waals surface area (Å²) in [4.78, 5) is 25.2. The van der Waals surface area contributed by atoms with Crippen LogP contribution in [0.2, 0.25) is 0 Å². The van der Waals surface area contributed by atoms with Gasteiger partial charge in [0, 0.05) is 11.3 Å². The van der Waals surface area contributed by atoms with Crippen LogP contribution in [-0.2, 0) is 0 Å². The van der Waals surface area contributed by atoms with Gasteiger partial charge in [0.15, 0.2) is 11.9 Å². The van der Waals surface area contributed by atoms with Gasteiger partial charge in [-0.25, -0.2) is 0 Å². The van der Waals surface area contributed by atoms with E-state index in [4.69, 9.17) is 9.15 Å². The molecular weight excluding hydrogens is 332 g/mol. The Morgan fingerprint density at radius 1 is 0.962 bits per heavy atom. The maximum atomic E-state index is 12.8. The standard InChI is InChI=1S/C20H18N2O4/c1-25-16-11-9-15(10-12-16)21-19(18(23)14-6-3-2-4-7-14)22-20(24)17-8-5-13-26-17/h2-13,19,21H,1H3,(H,22,24). The highest BCUT2D eigenvalue weighted by atomic mass is 16.5. The van der Waals surface area contributed by atoms with Crippen LogP contribution in [0.25, 0.3) is 0 Å². The number of ether oxygens (including phenoxy) is 1. The number of anilines is 1. The number of furan rings is 1. The molecule has 1 heterocycles. The van der Waals surface area contributed by atoms with E-state index >= 15 is 0 Å². The van der Waals surface area contributed by atoms with Crippen molar-refractivity contribution in [1.29, 1.82) is 0 Å². The maximum absolute atomic E-state index is 12.8. The van der Waals surface area contributed by atoms with Gasteiger partial charge in [-0.05, 0) is 36.4 Å². The van der Waals surface area contributed by atoms with Gasteiger partial charge in [0.25, 0.3) is 5.91 Å². The van der Waals surface area contributed by atoms with Crippen LogP contribution in [0.5, 0.6) is 5.75 Å². The number of hydrogen-bond donors (Lipinski definition) is 2. The lowest BCUT2D eigenvalue weighted by molar-refractivity contribution is 0.0853. The Kier molecular flexibility index (Phi) is 5.34. The summed E-state index contributed by atoms with van der Waals surface area (Å²) in [5, 5.41) is 5.71. The Balaban J connectivity index is 1.82. The smallest absolute Gasteiger partial charge is 0.288 e. The second-order valence-electron chi connectivity index (χ2n) is 5.49. The van der Waals surface area contributed by atoms with Crippen molar-refractivity contribution < 1.29 is 18.7 Å². The summed E-state index contributed by atoms with van der Waals surface area (Å²) in [5.41, 5.74) is 1.15. The van der Waals surface area contributed by atoms with Crippen LogP contribution in [0.15, 0.2) is 77.4 Å². The van der Waals surface area contributed by atoms with Gasteiger partial charge < -0.3 is 19.8 Å². The second-order valence-corrected chi connectivity index (χ2v) is 5.49. The third-order valence-corrected chi connectivity index (χ3v) is 3.74. The normalized spacial score (nSPS) is 11.4. The van der Waals surface area contributed by atoms with Gasteiger partial charge in [0.2, 0.25) is 5.78 Å². The molecule has 6 nitrogen and oxygen atoms in total. The van der Waals surface area contributed by atoms with E-state index in [1.54, 1.807) is 61.7 Å². The number of rotatable bonds is 7. The molecule has 0 fully saturated rings. The molecule has 0 aliphatic heterocycles. The van der Waals surface area contributed by atoms with Gasteiger partial charge in [-0.3, -0.25) is 9.59 Å². The van der Waals surface area contributed by atoms with Crippen molar-refractivity contribution in [2.75, 3.05) is 12.4 Å². The Morgan fingerprint density at radius 2 is 1.69 bits per heavy atom. The first kappa shape index (κ1) is 17.3. The SMILES string of the molecule is COc1ccc(NC(NC(=O)c2ccco2)C(=O)c2ccccc2)cc1. The third kappa shape index (κ3) is 4.10. The number of carbonyl (C=O) groups is 2. The van der Waals surface area contributed by atoms with E-state index in [0.717, 1.165) is 0 Å². The van der Waals surface area contributed by atoms with Crippen LogP contribution in [0.3, 0.4) is 0 Å². The lowest BCUT2D eigenvalue weighted by Gasteiger charge is -2.20. The van der Waals surface area contributed by atoms with E-state index < -0.39 is 12.1 Å². The molecule has 0 spiro atoms. The minimum atomic E-state index is -0.955. The molecule has 0 aliphatic rings. The fourth-order valence-electron chi connectivity index (χ4n) is 2.40. The van der Waals surface area contributed by atoms with E-state index in [1.807, 2.05) is 6.07 Å². The van der Waals surface area contributed by atoms with Gasteiger partial charge in [0.05, 0.1) is 13.4 Å². The molecule has 3 aromatic rings. The molecule has 0 radical (unpaired) electrons. The van der Waals surface area contributed by atoms with Crippen molar-refractivity contribution in [1.82, 2.24) is 5.32 Å². The summed E-state index contributed by atoms with van der Waals surface area (Å²) >= 11 is 0. The van der Waals surface area contributed by atoms with Crippen LogP contribution in [0, 0.1) is 0 Å². The third-order valence-electron chi connectivity index (χ3n) is 3.74. The molecule has 0 bridgehead atoms. The summed E-state index contributed by atoms with van der Waals surface area (Å²) in [7, 11) is 1.58. The number of nitrogens with one attached hydrogen (secondary N) is 2. The van der Waals surface area contributed by atoms with E-state index in [-0.39, 0.29) is 11.5 Å². The highest BCUT2D eigenvalue weighted by molar-refractivity contribution is 6.04. The first-order valence-corrected chi connectivity index (χ1v) is 8.01. The van der Waals surface area contributed by atoms with Gasteiger partial charge >= 0.3 is 0 Å². The summed E-state index contributed by atoms with van der Waals surface area (Å²) in [6, 6.07) is 19.0. The Hall–Kier alpha value is -3.54. The first-order chi connectivity index (χ1) is 12.7. The van der Waals surface area contributed by atoms with Crippen molar-refractivity contribution in [3.63, 3.8) is 0 Å². The van der Waals surface area contributed by atoms with E-state index in [9.17, 15) is 9.59 Å². The molecule has 1 aromatic heterocycles. The quantitative estimate of drug-likeness (QED) is 0.505. The fraction of sp³-hybridized carbons (Fsp3) is 0.100. The number of carbonyl (C=O) groups excluding carboxylic acids is 2. The predicted molar refractivity (Wildman–Crippen MR) is 97.4 cm³/mol. The highest BCUT2D eigenvalue weighted by Crippen LogP contribution is 2.17. The van der Waals surface area contributed by atoms with E-state index in [0.29, 0.717) is 17.0 Å². The molecule has 3 rings (SSSR count). The molecule has 2 aromatic carbocycles. The average molecular weight is 350 g/mol. The van der Waals surface area contributed by atoms with Gasteiger partial charge in [-0.1, -0.05) is 30.3 Å². The minimum Gasteiger partial charge on any atom is -0.497 e. The molecule has 1 atom stereocenters. The fourth-order valence-corrected chi connectivity index (χ4v) is 2.40. The molecule has 1 unspecified atom stereocenters. The highest BCUT2D eigenvalue weighted by Gasteiger charge is 2.23. The summed E-state index contributed by atoms with van der Waals surface area (Å²) in [6.45, 7) is 0. The number of hydrogen-bond acceptors (Lipinski definition) is 5. The van der Waals surface area contributed by atoms with E-state index in [1.165, 1.54) is 12.3 Å². The van der Waals surface area contributed by atoms with Crippen LogP contribution < -0.4 is 15.4 Å². The van der Waals surface area contributed by atoms with Crippen molar-refractivity contribution in [3.8, 4) is 5.75 Å². The maximum Gasteiger partial charge on any atom is 0.288 e. The van der Waals surface area contributed by atoms with Crippen LogP contribution in [0.1, 0.15) is 20.9 Å². The van der Waals surface area contributed by atoms with E-state index in [2.05, 4.69) is 10.6 Å². The van der Waals surface area contributed by atoms with Gasteiger partial charge in [-0.15, -0.1) is 0 Å². The summed E-state index contributed by atoms with van der Waals surface area (Å²) < 4.78 is 10.2. The predicted octanol–water partition coefficient (Wildman–Crippen LogP) is 3.34. The van der Waals surface area contributed by atoms with Gasteiger partial charge in [0.1, 0.15) is 5.75 Å². The molecule has 2 N–H and O–H groups in total. The Morgan fingerprint density at radius 3 is 2.31 bits per heavy atom. The van der Waals surface area contributed by atoms with Crippen LogP contribution in [0.4, 0.5) is 5.69 Å².